The van der Waals surface area contributed by atoms with Crippen LogP contribution in [0.5, 0.6) is 0 Å². The molecular weight excluding hydrogens is 260 g/mol. The third-order valence-electron chi connectivity index (χ3n) is 3.96. The topological polar surface area (TPSA) is 42.0 Å². The van der Waals surface area contributed by atoms with Crippen molar-refractivity contribution in [3.05, 3.63) is 28.5 Å². The number of nitrogens with one attached hydrogen (secondary N) is 1. The van der Waals surface area contributed by atoms with E-state index < -0.39 is 0 Å². The molecule has 1 aromatic heterocycles. The van der Waals surface area contributed by atoms with Crippen LogP contribution in [0.25, 0.3) is 0 Å². The van der Waals surface area contributed by atoms with Gasteiger partial charge in [-0.1, -0.05) is 38.3 Å². The molecule has 1 aromatic rings. The molecule has 1 aliphatic carbocycles. The van der Waals surface area contributed by atoms with Crippen LogP contribution in [0.4, 0.5) is 0 Å². The van der Waals surface area contributed by atoms with Gasteiger partial charge in [-0.3, -0.25) is 4.79 Å². The summed E-state index contributed by atoms with van der Waals surface area (Å²) in [5, 5.41) is 3.42. The van der Waals surface area contributed by atoms with Crippen LogP contribution in [0, 0.1) is 5.41 Å². The van der Waals surface area contributed by atoms with E-state index >= 15 is 0 Å². The van der Waals surface area contributed by atoms with E-state index in [1.54, 1.807) is 6.07 Å². The summed E-state index contributed by atoms with van der Waals surface area (Å²) >= 11 is 5.94. The Morgan fingerprint density at radius 3 is 2.74 bits per heavy atom. The lowest BCUT2D eigenvalue weighted by Gasteiger charge is -2.23. The van der Waals surface area contributed by atoms with Gasteiger partial charge in [-0.25, -0.2) is 4.98 Å². The molecule has 1 fully saturated rings. The maximum Gasteiger partial charge on any atom is 0.251 e. The van der Waals surface area contributed by atoms with Crippen molar-refractivity contribution in [3.63, 3.8) is 0 Å². The Morgan fingerprint density at radius 2 is 2.11 bits per heavy atom. The Hall–Kier alpha value is -1.09. The molecule has 0 radical (unpaired) electrons. The van der Waals surface area contributed by atoms with Gasteiger partial charge in [0.2, 0.25) is 0 Å². The van der Waals surface area contributed by atoms with Crippen LogP contribution in [0.15, 0.2) is 12.1 Å². The molecule has 1 amide bonds. The van der Waals surface area contributed by atoms with Crippen molar-refractivity contribution >= 4 is 17.5 Å². The van der Waals surface area contributed by atoms with E-state index in [4.69, 9.17) is 11.6 Å². The van der Waals surface area contributed by atoms with Crippen LogP contribution in [0.3, 0.4) is 0 Å². The number of carbonyl (C=O) groups excluding carboxylic acids is 1. The molecule has 0 bridgehead atoms. The standard InChI is InChI=1S/C15H21ClN2O/c1-3-12-8-11(9-13(16)18-12)14(19)17-10-15(2)6-4-5-7-15/h8-9H,3-7,10H2,1-2H3,(H,17,19). The van der Waals surface area contributed by atoms with Gasteiger partial charge in [0.1, 0.15) is 5.15 Å². The molecule has 1 saturated carbocycles. The van der Waals surface area contributed by atoms with Crippen LogP contribution in [0.2, 0.25) is 5.15 Å². The van der Waals surface area contributed by atoms with Crippen molar-refractivity contribution in [2.45, 2.75) is 46.0 Å². The van der Waals surface area contributed by atoms with Gasteiger partial charge in [-0.15, -0.1) is 0 Å². The van der Waals surface area contributed by atoms with Crippen LogP contribution in [0.1, 0.15) is 55.6 Å². The number of aryl methyl sites for hydroxylation is 1. The molecule has 0 spiro atoms. The van der Waals surface area contributed by atoms with Crippen molar-refractivity contribution < 1.29 is 4.79 Å². The molecule has 1 heterocycles. The zero-order valence-corrected chi connectivity index (χ0v) is 12.4. The second-order valence-corrected chi connectivity index (χ2v) is 6.11. The molecular formula is C15H21ClN2O. The van der Waals surface area contributed by atoms with E-state index in [0.717, 1.165) is 18.7 Å². The van der Waals surface area contributed by atoms with Crippen molar-refractivity contribution in [2.75, 3.05) is 6.54 Å². The molecule has 0 aromatic carbocycles. The molecule has 104 valence electrons. The minimum Gasteiger partial charge on any atom is -0.351 e. The first-order valence-corrected chi connectivity index (χ1v) is 7.35. The van der Waals surface area contributed by atoms with Crippen LogP contribution in [-0.4, -0.2) is 17.4 Å². The van der Waals surface area contributed by atoms with Gasteiger partial charge < -0.3 is 5.32 Å². The first-order chi connectivity index (χ1) is 9.02. The fourth-order valence-corrected chi connectivity index (χ4v) is 2.89. The summed E-state index contributed by atoms with van der Waals surface area (Å²) in [6.07, 6.45) is 5.72. The maximum atomic E-state index is 12.2. The average molecular weight is 281 g/mol. The van der Waals surface area contributed by atoms with E-state index in [9.17, 15) is 4.79 Å². The molecule has 3 nitrogen and oxygen atoms in total. The van der Waals surface area contributed by atoms with Gasteiger partial charge in [0.15, 0.2) is 0 Å². The van der Waals surface area contributed by atoms with Gasteiger partial charge >= 0.3 is 0 Å². The highest BCUT2D eigenvalue weighted by Gasteiger charge is 2.29. The first-order valence-electron chi connectivity index (χ1n) is 6.97. The lowest BCUT2D eigenvalue weighted by atomic mass is 9.89. The van der Waals surface area contributed by atoms with E-state index in [2.05, 4.69) is 17.2 Å². The van der Waals surface area contributed by atoms with Crippen molar-refractivity contribution in [1.82, 2.24) is 10.3 Å². The number of hydrogen-bond acceptors (Lipinski definition) is 2. The molecule has 1 N–H and O–H groups in total. The number of pyridine rings is 1. The lowest BCUT2D eigenvalue weighted by molar-refractivity contribution is 0.0934. The summed E-state index contributed by atoms with van der Waals surface area (Å²) < 4.78 is 0. The number of amides is 1. The van der Waals surface area contributed by atoms with Gasteiger partial charge in [0, 0.05) is 17.8 Å². The van der Waals surface area contributed by atoms with Gasteiger partial charge in [-0.05, 0) is 36.8 Å². The summed E-state index contributed by atoms with van der Waals surface area (Å²) in [6.45, 7) is 4.99. The molecule has 2 rings (SSSR count). The number of hydrogen-bond donors (Lipinski definition) is 1. The summed E-state index contributed by atoms with van der Waals surface area (Å²) in [4.78, 5) is 16.3. The molecule has 19 heavy (non-hydrogen) atoms. The second-order valence-electron chi connectivity index (χ2n) is 5.72. The average Bonchev–Trinajstić information content (AvgIpc) is 2.82. The summed E-state index contributed by atoms with van der Waals surface area (Å²) in [5.41, 5.74) is 1.73. The zero-order chi connectivity index (χ0) is 13.9. The molecule has 1 aliphatic rings. The van der Waals surface area contributed by atoms with E-state index in [-0.39, 0.29) is 11.3 Å². The summed E-state index contributed by atoms with van der Waals surface area (Å²) in [5.74, 6) is -0.0490. The molecule has 0 aliphatic heterocycles. The van der Waals surface area contributed by atoms with Crippen LogP contribution >= 0.6 is 11.6 Å². The number of halogens is 1. The molecule has 0 atom stereocenters. The Kier molecular flexibility index (Phi) is 4.46. The monoisotopic (exact) mass is 280 g/mol. The minimum absolute atomic E-state index is 0.0490. The highest BCUT2D eigenvalue weighted by atomic mass is 35.5. The molecule has 0 saturated heterocycles. The van der Waals surface area contributed by atoms with Crippen LogP contribution in [-0.2, 0) is 6.42 Å². The second kappa shape index (κ2) is 5.91. The third kappa shape index (κ3) is 3.69. The number of nitrogens with zero attached hydrogens (tertiary/aromatic N) is 1. The highest BCUT2D eigenvalue weighted by Crippen LogP contribution is 2.36. The van der Waals surface area contributed by atoms with E-state index in [0.29, 0.717) is 10.7 Å². The number of rotatable bonds is 4. The van der Waals surface area contributed by atoms with E-state index in [1.807, 2.05) is 13.0 Å². The third-order valence-corrected chi connectivity index (χ3v) is 4.15. The Bertz CT molecular complexity index is 467. The fraction of sp³-hybridized carbons (Fsp3) is 0.600. The Labute approximate surface area is 119 Å². The summed E-state index contributed by atoms with van der Waals surface area (Å²) in [7, 11) is 0. The van der Waals surface area contributed by atoms with Crippen molar-refractivity contribution in [2.24, 2.45) is 5.41 Å². The quantitative estimate of drug-likeness (QED) is 0.856. The smallest absolute Gasteiger partial charge is 0.251 e. The maximum absolute atomic E-state index is 12.2. The van der Waals surface area contributed by atoms with Crippen molar-refractivity contribution in [3.8, 4) is 0 Å². The number of carbonyl (C=O) groups is 1. The molecule has 4 heteroatoms. The summed E-state index contributed by atoms with van der Waals surface area (Å²) in [6, 6.07) is 3.45. The van der Waals surface area contributed by atoms with Gasteiger partial charge in [0.25, 0.3) is 5.91 Å². The Morgan fingerprint density at radius 1 is 1.42 bits per heavy atom. The zero-order valence-electron chi connectivity index (χ0n) is 11.6. The van der Waals surface area contributed by atoms with Crippen LogP contribution < -0.4 is 5.32 Å². The first kappa shape index (κ1) is 14.3. The lowest BCUT2D eigenvalue weighted by Crippen LogP contribution is -2.34. The Balaban J connectivity index is 2.01. The number of aromatic nitrogens is 1. The highest BCUT2D eigenvalue weighted by molar-refractivity contribution is 6.29. The molecule has 0 unspecified atom stereocenters. The van der Waals surface area contributed by atoms with Crippen molar-refractivity contribution in [1.29, 1.82) is 0 Å². The largest absolute Gasteiger partial charge is 0.351 e. The fourth-order valence-electron chi connectivity index (χ4n) is 2.66. The van der Waals surface area contributed by atoms with Gasteiger partial charge in [-0.2, -0.15) is 0 Å². The predicted octanol–water partition coefficient (Wildman–Crippen LogP) is 3.61. The van der Waals surface area contributed by atoms with Gasteiger partial charge in [0.05, 0.1) is 0 Å². The minimum atomic E-state index is -0.0490. The normalized spacial score (nSPS) is 17.4. The SMILES string of the molecule is CCc1cc(C(=O)NCC2(C)CCCC2)cc(Cl)n1. The van der Waals surface area contributed by atoms with E-state index in [1.165, 1.54) is 25.7 Å². The predicted molar refractivity (Wildman–Crippen MR) is 77.5 cm³/mol.